The quantitative estimate of drug-likeness (QED) is 0.883. The van der Waals surface area contributed by atoms with Crippen LogP contribution in [0.3, 0.4) is 0 Å². The van der Waals surface area contributed by atoms with Crippen LogP contribution in [0.5, 0.6) is 11.5 Å². The van der Waals surface area contributed by atoms with E-state index >= 15 is 0 Å². The Bertz CT molecular complexity index is 676. The molecule has 1 heterocycles. The molecule has 1 unspecified atom stereocenters. The molecular weight excluding hydrogens is 348 g/mol. The number of benzene rings is 1. The maximum atomic E-state index is 12.3. The second-order valence-electron chi connectivity index (χ2n) is 4.69. The SMILES string of the molecule is COc1ccc(C(C)NC(=O)c2cncc(Br)c2)c(OC)c1. The van der Waals surface area contributed by atoms with E-state index in [1.165, 1.54) is 6.20 Å². The van der Waals surface area contributed by atoms with E-state index in [0.717, 1.165) is 10.0 Å². The van der Waals surface area contributed by atoms with Crippen molar-refractivity contribution in [3.63, 3.8) is 0 Å². The van der Waals surface area contributed by atoms with E-state index < -0.39 is 0 Å². The predicted molar refractivity (Wildman–Crippen MR) is 87.4 cm³/mol. The zero-order valence-corrected chi connectivity index (χ0v) is 14.2. The van der Waals surface area contributed by atoms with Crippen molar-refractivity contribution in [1.82, 2.24) is 10.3 Å². The zero-order valence-electron chi connectivity index (χ0n) is 12.6. The van der Waals surface area contributed by atoms with E-state index in [0.29, 0.717) is 17.1 Å². The number of rotatable bonds is 5. The Hall–Kier alpha value is -2.08. The van der Waals surface area contributed by atoms with Crippen molar-refractivity contribution in [3.05, 3.63) is 52.3 Å². The number of ether oxygens (including phenoxy) is 2. The molecule has 1 atom stereocenters. The third-order valence-corrected chi connectivity index (χ3v) is 3.66. The summed E-state index contributed by atoms with van der Waals surface area (Å²) in [6.07, 6.45) is 3.16. The largest absolute Gasteiger partial charge is 0.497 e. The van der Waals surface area contributed by atoms with E-state index in [1.54, 1.807) is 32.5 Å². The normalized spacial score (nSPS) is 11.6. The average Bonchev–Trinajstić information content (AvgIpc) is 2.54. The van der Waals surface area contributed by atoms with Gasteiger partial charge in [0, 0.05) is 28.5 Å². The van der Waals surface area contributed by atoms with Gasteiger partial charge in [-0.05, 0) is 41.1 Å². The van der Waals surface area contributed by atoms with E-state index in [4.69, 9.17) is 9.47 Å². The Morgan fingerprint density at radius 1 is 1.23 bits per heavy atom. The molecule has 2 aromatic rings. The Labute approximate surface area is 137 Å². The first-order valence-electron chi connectivity index (χ1n) is 6.68. The minimum Gasteiger partial charge on any atom is -0.497 e. The highest BCUT2D eigenvalue weighted by molar-refractivity contribution is 9.10. The number of carbonyl (C=O) groups excluding carboxylic acids is 1. The van der Waals surface area contributed by atoms with Gasteiger partial charge in [-0.1, -0.05) is 0 Å². The van der Waals surface area contributed by atoms with Crippen LogP contribution in [0.1, 0.15) is 28.9 Å². The second kappa shape index (κ2) is 7.26. The second-order valence-corrected chi connectivity index (χ2v) is 5.61. The maximum absolute atomic E-state index is 12.3. The molecular formula is C16H17BrN2O3. The number of aromatic nitrogens is 1. The molecule has 0 radical (unpaired) electrons. The molecule has 0 aliphatic rings. The monoisotopic (exact) mass is 364 g/mol. The lowest BCUT2D eigenvalue weighted by atomic mass is 10.1. The number of hydrogen-bond donors (Lipinski definition) is 1. The van der Waals surface area contributed by atoms with Crippen molar-refractivity contribution >= 4 is 21.8 Å². The van der Waals surface area contributed by atoms with Crippen molar-refractivity contribution in [2.24, 2.45) is 0 Å². The number of nitrogens with zero attached hydrogens (tertiary/aromatic N) is 1. The van der Waals surface area contributed by atoms with Crippen LogP contribution in [0.15, 0.2) is 41.1 Å². The molecule has 1 aromatic carbocycles. The predicted octanol–water partition coefficient (Wildman–Crippen LogP) is 3.35. The van der Waals surface area contributed by atoms with Gasteiger partial charge in [0.15, 0.2) is 0 Å². The fourth-order valence-corrected chi connectivity index (χ4v) is 2.43. The molecule has 0 aliphatic heterocycles. The Kier molecular flexibility index (Phi) is 5.38. The Balaban J connectivity index is 2.18. The van der Waals surface area contributed by atoms with Crippen LogP contribution in [-0.2, 0) is 0 Å². The van der Waals surface area contributed by atoms with Crippen molar-refractivity contribution in [2.45, 2.75) is 13.0 Å². The zero-order chi connectivity index (χ0) is 16.1. The lowest BCUT2D eigenvalue weighted by molar-refractivity contribution is 0.0939. The van der Waals surface area contributed by atoms with Gasteiger partial charge in [-0.15, -0.1) is 0 Å². The van der Waals surface area contributed by atoms with E-state index in [-0.39, 0.29) is 11.9 Å². The number of amides is 1. The standard InChI is InChI=1S/C16H17BrN2O3/c1-10(14-5-4-13(21-2)7-15(14)22-3)19-16(20)11-6-12(17)9-18-8-11/h4-10H,1-3H3,(H,19,20). The van der Waals surface area contributed by atoms with Gasteiger partial charge in [-0.25, -0.2) is 0 Å². The Morgan fingerprint density at radius 3 is 2.64 bits per heavy atom. The van der Waals surface area contributed by atoms with Gasteiger partial charge in [-0.2, -0.15) is 0 Å². The van der Waals surface area contributed by atoms with Gasteiger partial charge < -0.3 is 14.8 Å². The molecule has 1 N–H and O–H groups in total. The van der Waals surface area contributed by atoms with Crippen LogP contribution in [-0.4, -0.2) is 25.1 Å². The molecule has 6 heteroatoms. The summed E-state index contributed by atoms with van der Waals surface area (Å²) < 4.78 is 11.3. The summed E-state index contributed by atoms with van der Waals surface area (Å²) >= 11 is 3.30. The number of nitrogens with one attached hydrogen (secondary N) is 1. The highest BCUT2D eigenvalue weighted by atomic mass is 79.9. The average molecular weight is 365 g/mol. The van der Waals surface area contributed by atoms with Crippen molar-refractivity contribution in [1.29, 1.82) is 0 Å². The van der Waals surface area contributed by atoms with Gasteiger partial charge in [-0.3, -0.25) is 9.78 Å². The molecule has 5 nitrogen and oxygen atoms in total. The summed E-state index contributed by atoms with van der Waals surface area (Å²) in [5.41, 5.74) is 1.37. The molecule has 0 saturated carbocycles. The first-order chi connectivity index (χ1) is 10.5. The highest BCUT2D eigenvalue weighted by Crippen LogP contribution is 2.29. The van der Waals surface area contributed by atoms with E-state index in [2.05, 4.69) is 26.2 Å². The lowest BCUT2D eigenvalue weighted by Gasteiger charge is -2.18. The molecule has 0 bridgehead atoms. The molecule has 1 aromatic heterocycles. The fourth-order valence-electron chi connectivity index (χ4n) is 2.07. The third-order valence-electron chi connectivity index (χ3n) is 3.22. The van der Waals surface area contributed by atoms with Crippen LogP contribution in [0.4, 0.5) is 0 Å². The minimum atomic E-state index is -0.215. The van der Waals surface area contributed by atoms with Gasteiger partial charge in [0.25, 0.3) is 5.91 Å². The van der Waals surface area contributed by atoms with E-state index in [1.807, 2.05) is 19.1 Å². The third kappa shape index (κ3) is 3.76. The number of pyridine rings is 1. The maximum Gasteiger partial charge on any atom is 0.253 e. The Morgan fingerprint density at radius 2 is 2.00 bits per heavy atom. The highest BCUT2D eigenvalue weighted by Gasteiger charge is 2.16. The number of hydrogen-bond acceptors (Lipinski definition) is 4. The summed E-state index contributed by atoms with van der Waals surface area (Å²) in [7, 11) is 3.19. The molecule has 0 fully saturated rings. The van der Waals surface area contributed by atoms with Crippen molar-refractivity contribution in [2.75, 3.05) is 14.2 Å². The first-order valence-corrected chi connectivity index (χ1v) is 7.47. The molecule has 0 spiro atoms. The molecule has 2 rings (SSSR count). The minimum absolute atomic E-state index is 0.195. The van der Waals surface area contributed by atoms with Crippen molar-refractivity contribution < 1.29 is 14.3 Å². The van der Waals surface area contributed by atoms with Crippen LogP contribution < -0.4 is 14.8 Å². The van der Waals surface area contributed by atoms with Gasteiger partial charge in [0.1, 0.15) is 11.5 Å². The van der Waals surface area contributed by atoms with Crippen molar-refractivity contribution in [3.8, 4) is 11.5 Å². The summed E-state index contributed by atoms with van der Waals surface area (Å²) in [6, 6.07) is 7.01. The fraction of sp³-hybridized carbons (Fsp3) is 0.250. The van der Waals surface area contributed by atoms with Crippen LogP contribution in [0, 0.1) is 0 Å². The number of carbonyl (C=O) groups is 1. The molecule has 1 amide bonds. The summed E-state index contributed by atoms with van der Waals surface area (Å²) in [6.45, 7) is 1.90. The molecule has 0 aliphatic carbocycles. The number of methoxy groups -OCH3 is 2. The molecule has 22 heavy (non-hydrogen) atoms. The van der Waals surface area contributed by atoms with Gasteiger partial charge >= 0.3 is 0 Å². The summed E-state index contributed by atoms with van der Waals surface area (Å²) in [4.78, 5) is 16.3. The van der Waals surface area contributed by atoms with Crippen LogP contribution in [0.2, 0.25) is 0 Å². The smallest absolute Gasteiger partial charge is 0.253 e. The van der Waals surface area contributed by atoms with Crippen LogP contribution in [0.25, 0.3) is 0 Å². The number of halogens is 1. The molecule has 0 saturated heterocycles. The topological polar surface area (TPSA) is 60.5 Å². The van der Waals surface area contributed by atoms with Crippen LogP contribution >= 0.6 is 15.9 Å². The first kappa shape index (κ1) is 16.3. The lowest BCUT2D eigenvalue weighted by Crippen LogP contribution is -2.27. The van der Waals surface area contributed by atoms with Gasteiger partial charge in [0.2, 0.25) is 0 Å². The summed E-state index contributed by atoms with van der Waals surface area (Å²) in [5.74, 6) is 1.18. The van der Waals surface area contributed by atoms with Gasteiger partial charge in [0.05, 0.1) is 25.8 Å². The van der Waals surface area contributed by atoms with E-state index in [9.17, 15) is 4.79 Å². The summed E-state index contributed by atoms with van der Waals surface area (Å²) in [5, 5.41) is 2.93. The molecule has 116 valence electrons.